The topological polar surface area (TPSA) is 88.2 Å². The van der Waals surface area contributed by atoms with Crippen molar-refractivity contribution in [1.29, 1.82) is 0 Å². The molecule has 0 aliphatic carbocycles. The van der Waals surface area contributed by atoms with Crippen LogP contribution in [0.15, 0.2) is 41.4 Å². The minimum atomic E-state index is -0.814. The first-order valence-electron chi connectivity index (χ1n) is 12.4. The summed E-state index contributed by atoms with van der Waals surface area (Å²) in [6.07, 6.45) is 3.47. The van der Waals surface area contributed by atoms with Crippen molar-refractivity contribution in [3.63, 3.8) is 0 Å². The molecule has 3 aromatic rings. The van der Waals surface area contributed by atoms with E-state index in [1.54, 1.807) is 0 Å². The van der Waals surface area contributed by atoms with Gasteiger partial charge >= 0.3 is 5.95 Å². The number of hydrogen-bond acceptors (Lipinski definition) is 9. The van der Waals surface area contributed by atoms with Gasteiger partial charge in [-0.05, 0) is 31.5 Å². The Labute approximate surface area is 221 Å². The average Bonchev–Trinajstić information content (AvgIpc) is 3.51. The van der Waals surface area contributed by atoms with Crippen molar-refractivity contribution in [3.05, 3.63) is 52.0 Å². The maximum atomic E-state index is 14.3. The van der Waals surface area contributed by atoms with Crippen molar-refractivity contribution in [1.82, 2.24) is 20.1 Å². The lowest BCUT2D eigenvalue weighted by atomic mass is 9.95. The zero-order valence-electron chi connectivity index (χ0n) is 20.3. The zero-order valence-corrected chi connectivity index (χ0v) is 21.8. The Balaban J connectivity index is 1.31. The van der Waals surface area contributed by atoms with Crippen molar-refractivity contribution in [3.8, 4) is 16.9 Å². The van der Waals surface area contributed by atoms with Gasteiger partial charge in [0.25, 0.3) is 0 Å². The SMILES string of the molecule is CN1C=C(OC[C@@]23CCCN2C[C@H](F)C3)Oc2cc(-c3cccc4sc(N)nc34)c(Cl)c3c2=C1NCN=3. The molecule has 0 bridgehead atoms. The number of nitrogens with one attached hydrogen (secondary N) is 1. The van der Waals surface area contributed by atoms with Gasteiger partial charge in [0.15, 0.2) is 5.13 Å². The number of para-hydroxylation sites is 1. The number of ether oxygens (including phenoxy) is 2. The first-order chi connectivity index (χ1) is 17.9. The lowest BCUT2D eigenvalue weighted by Crippen LogP contribution is -2.43. The molecule has 2 aromatic carbocycles. The van der Waals surface area contributed by atoms with Crippen LogP contribution >= 0.6 is 22.9 Å². The molecule has 0 saturated carbocycles. The Hall–Kier alpha value is -3.08. The van der Waals surface area contributed by atoms with E-state index in [1.165, 1.54) is 11.3 Å². The molecular weight excluding hydrogens is 515 g/mol. The second-order valence-corrected chi connectivity index (χ2v) is 11.5. The van der Waals surface area contributed by atoms with Crippen molar-refractivity contribution in [2.75, 3.05) is 39.1 Å². The van der Waals surface area contributed by atoms with E-state index in [2.05, 4.69) is 15.2 Å². The van der Waals surface area contributed by atoms with Gasteiger partial charge in [-0.1, -0.05) is 35.1 Å². The molecule has 4 aliphatic rings. The average molecular weight is 541 g/mol. The van der Waals surface area contributed by atoms with Gasteiger partial charge in [-0.15, -0.1) is 0 Å². The van der Waals surface area contributed by atoms with Crippen molar-refractivity contribution < 1.29 is 13.9 Å². The fourth-order valence-corrected chi connectivity index (χ4v) is 7.19. The van der Waals surface area contributed by atoms with Gasteiger partial charge < -0.3 is 25.4 Å². The second kappa shape index (κ2) is 8.47. The molecule has 2 saturated heterocycles. The third kappa shape index (κ3) is 3.65. The van der Waals surface area contributed by atoms with Gasteiger partial charge in [-0.2, -0.15) is 0 Å². The number of alkyl halides is 1. The summed E-state index contributed by atoms with van der Waals surface area (Å²) in [4.78, 5) is 13.4. The quantitative estimate of drug-likeness (QED) is 0.525. The number of thiazole rings is 1. The van der Waals surface area contributed by atoms with Crippen LogP contribution in [0.2, 0.25) is 5.02 Å². The smallest absolute Gasteiger partial charge is 0.301 e. The van der Waals surface area contributed by atoms with Crippen LogP contribution in [0.25, 0.3) is 27.2 Å². The van der Waals surface area contributed by atoms with E-state index in [4.69, 9.17) is 31.8 Å². The predicted octanol–water partition coefficient (Wildman–Crippen LogP) is 3.16. The minimum absolute atomic E-state index is 0.276. The van der Waals surface area contributed by atoms with E-state index in [9.17, 15) is 4.39 Å². The Kier molecular flexibility index (Phi) is 5.28. The van der Waals surface area contributed by atoms with Crippen LogP contribution in [0.4, 0.5) is 9.52 Å². The highest BCUT2D eigenvalue weighted by Gasteiger charge is 2.49. The van der Waals surface area contributed by atoms with Crippen LogP contribution in [-0.4, -0.2) is 59.9 Å². The minimum Gasteiger partial charge on any atom is -0.462 e. The number of benzene rings is 2. The molecular formula is C26H26ClFN6O2S. The lowest BCUT2D eigenvalue weighted by Gasteiger charge is -2.31. The van der Waals surface area contributed by atoms with Gasteiger partial charge in [-0.25, -0.2) is 9.37 Å². The molecule has 4 aliphatic heterocycles. The third-order valence-corrected chi connectivity index (χ3v) is 8.99. The highest BCUT2D eigenvalue weighted by atomic mass is 35.5. The fraction of sp³-hybridized carbons (Fsp3) is 0.385. The van der Waals surface area contributed by atoms with E-state index in [0.717, 1.165) is 51.8 Å². The molecule has 37 heavy (non-hydrogen) atoms. The van der Waals surface area contributed by atoms with Gasteiger partial charge in [0, 0.05) is 31.1 Å². The molecule has 2 atom stereocenters. The van der Waals surface area contributed by atoms with Gasteiger partial charge in [-0.3, -0.25) is 9.89 Å². The van der Waals surface area contributed by atoms with E-state index in [1.807, 2.05) is 42.4 Å². The van der Waals surface area contributed by atoms with E-state index in [-0.39, 0.29) is 5.54 Å². The molecule has 0 radical (unpaired) electrons. The molecule has 2 fully saturated rings. The summed E-state index contributed by atoms with van der Waals surface area (Å²) in [5, 5.41) is 5.79. The number of nitrogens with zero attached hydrogens (tertiary/aromatic N) is 4. The molecule has 0 unspecified atom stereocenters. The summed E-state index contributed by atoms with van der Waals surface area (Å²) >= 11 is 8.43. The zero-order chi connectivity index (χ0) is 25.3. The van der Waals surface area contributed by atoms with Gasteiger partial charge in [0.05, 0.1) is 37.6 Å². The van der Waals surface area contributed by atoms with Crippen molar-refractivity contribution in [2.24, 2.45) is 4.99 Å². The Bertz CT molecular complexity index is 1590. The van der Waals surface area contributed by atoms with Crippen LogP contribution in [0.5, 0.6) is 5.75 Å². The van der Waals surface area contributed by atoms with Crippen LogP contribution in [0.1, 0.15) is 19.3 Å². The normalized spacial score (nSPS) is 24.6. The third-order valence-electron chi connectivity index (χ3n) is 7.76. The van der Waals surface area contributed by atoms with E-state index in [0.29, 0.717) is 53.4 Å². The number of halogens is 2. The summed E-state index contributed by atoms with van der Waals surface area (Å²) in [6.45, 7) is 2.14. The van der Waals surface area contributed by atoms with E-state index < -0.39 is 6.17 Å². The summed E-state index contributed by atoms with van der Waals surface area (Å²) in [7, 11) is 1.92. The number of rotatable bonds is 4. The number of aromatic nitrogens is 1. The number of nitrogens with two attached hydrogens (primary N) is 1. The van der Waals surface area contributed by atoms with Crippen molar-refractivity contribution in [2.45, 2.75) is 31.0 Å². The Morgan fingerprint density at radius 1 is 1.38 bits per heavy atom. The molecule has 192 valence electrons. The standard InChI is InChI=1S/C26H26ClFN6O2S/c1-33-11-19(35-12-26-6-3-7-34(26)10-14(28)9-26)36-17-8-16(21(27)23-20(17)24(33)31-13-30-23)15-4-2-5-18-22(15)32-25(29)37-18/h2,4-5,8,11,14,31H,3,6-7,9-10,12-13H2,1H3,(H2,29,32)/t14-,26+/m1/s1. The fourth-order valence-electron chi connectivity index (χ4n) is 6.12. The number of nitrogen functional groups attached to an aromatic ring is 1. The van der Waals surface area contributed by atoms with Crippen LogP contribution < -0.4 is 26.4 Å². The molecule has 0 amide bonds. The van der Waals surface area contributed by atoms with Gasteiger partial charge in [0.2, 0.25) is 0 Å². The summed E-state index contributed by atoms with van der Waals surface area (Å²) in [5.41, 5.74) is 8.15. The maximum Gasteiger partial charge on any atom is 0.301 e. The van der Waals surface area contributed by atoms with E-state index >= 15 is 0 Å². The summed E-state index contributed by atoms with van der Waals surface area (Å²) < 4.78 is 28.0. The molecule has 1 aromatic heterocycles. The molecule has 8 nitrogen and oxygen atoms in total. The highest BCUT2D eigenvalue weighted by Crippen LogP contribution is 2.41. The van der Waals surface area contributed by atoms with Crippen LogP contribution in [0, 0.1) is 0 Å². The van der Waals surface area contributed by atoms with Gasteiger partial charge in [0.1, 0.15) is 31.0 Å². The first kappa shape index (κ1) is 23.1. The number of anilines is 1. The van der Waals surface area contributed by atoms with Crippen molar-refractivity contribution >= 4 is 44.1 Å². The molecule has 7 rings (SSSR count). The largest absolute Gasteiger partial charge is 0.462 e. The maximum absolute atomic E-state index is 14.3. The summed E-state index contributed by atoms with van der Waals surface area (Å²) in [5.74, 6) is 1.75. The Morgan fingerprint density at radius 3 is 3.16 bits per heavy atom. The molecule has 3 N–H and O–H groups in total. The van der Waals surface area contributed by atoms with Crippen LogP contribution in [0.3, 0.4) is 0 Å². The lowest BCUT2D eigenvalue weighted by molar-refractivity contribution is 0.0270. The Morgan fingerprint density at radius 2 is 2.27 bits per heavy atom. The molecule has 11 heteroatoms. The summed E-state index contributed by atoms with van der Waals surface area (Å²) in [6, 6.07) is 7.85. The monoisotopic (exact) mass is 540 g/mol. The van der Waals surface area contributed by atoms with Crippen LogP contribution in [-0.2, 0) is 4.74 Å². The first-order valence-corrected chi connectivity index (χ1v) is 13.6. The predicted molar refractivity (Wildman–Crippen MR) is 142 cm³/mol. The second-order valence-electron chi connectivity index (χ2n) is 10.0. The molecule has 5 heterocycles. The molecule has 0 spiro atoms. The number of fused-ring (bicyclic) bond motifs is 2. The highest BCUT2D eigenvalue weighted by molar-refractivity contribution is 7.22. The number of hydrogen-bond donors (Lipinski definition) is 2.